The van der Waals surface area contributed by atoms with E-state index in [0.717, 1.165) is 48.4 Å². The summed E-state index contributed by atoms with van der Waals surface area (Å²) in [6.45, 7) is 7.96. The number of nitrogens with two attached hydrogens (primary N) is 1. The average molecular weight is 434 g/mol. The lowest BCUT2D eigenvalue weighted by Gasteiger charge is -2.34. The van der Waals surface area contributed by atoms with Gasteiger partial charge in [0.25, 0.3) is 5.91 Å². The lowest BCUT2D eigenvalue weighted by atomic mass is 9.93. The predicted molar refractivity (Wildman–Crippen MR) is 125 cm³/mol. The van der Waals surface area contributed by atoms with Crippen molar-refractivity contribution in [3.63, 3.8) is 0 Å². The highest BCUT2D eigenvalue weighted by Gasteiger charge is 2.24. The number of benzene rings is 1. The third-order valence-corrected chi connectivity index (χ3v) is 6.06. The van der Waals surface area contributed by atoms with Crippen LogP contribution in [-0.4, -0.2) is 58.4 Å². The molecule has 2 aromatic heterocycles. The molecule has 1 fully saturated rings. The number of aromatic nitrogens is 2. The summed E-state index contributed by atoms with van der Waals surface area (Å²) in [5.74, 6) is -0.329. The number of halogens is 1. The zero-order valence-corrected chi connectivity index (χ0v) is 18.5. The minimum atomic E-state index is -0.512. The summed E-state index contributed by atoms with van der Waals surface area (Å²) < 4.78 is 15.2. The van der Waals surface area contributed by atoms with Crippen LogP contribution in [0, 0.1) is 5.82 Å². The highest BCUT2D eigenvalue weighted by molar-refractivity contribution is 5.95. The molecule has 32 heavy (non-hydrogen) atoms. The zero-order chi connectivity index (χ0) is 22.7. The van der Waals surface area contributed by atoms with Gasteiger partial charge in [-0.25, -0.2) is 9.37 Å². The number of likely N-dealkylation sites (N-methyl/N-ethyl adjacent to an activating group) is 1. The number of anilines is 1. The third-order valence-electron chi connectivity index (χ3n) is 6.06. The van der Waals surface area contributed by atoms with Gasteiger partial charge in [-0.15, -0.1) is 0 Å². The van der Waals surface area contributed by atoms with E-state index in [2.05, 4.69) is 21.8 Å². The first kappa shape index (κ1) is 21.9. The predicted octanol–water partition coefficient (Wildman–Crippen LogP) is 3.87. The molecule has 1 saturated heterocycles. The van der Waals surface area contributed by atoms with Crippen LogP contribution in [-0.2, 0) is 6.42 Å². The third kappa shape index (κ3) is 4.34. The van der Waals surface area contributed by atoms with Crippen LogP contribution < -0.4 is 5.73 Å². The van der Waals surface area contributed by atoms with Crippen LogP contribution >= 0.6 is 0 Å². The molecular formula is C25H28FN5O. The first-order valence-electron chi connectivity index (χ1n) is 11.0. The van der Waals surface area contributed by atoms with Crippen molar-refractivity contribution in [2.24, 2.45) is 0 Å². The largest absolute Gasteiger partial charge is 0.384 e. The molecule has 4 rings (SSSR count). The van der Waals surface area contributed by atoms with Crippen LogP contribution in [0.25, 0.3) is 22.3 Å². The molecule has 2 N–H and O–H groups in total. The van der Waals surface area contributed by atoms with Crippen LogP contribution in [0.3, 0.4) is 0 Å². The summed E-state index contributed by atoms with van der Waals surface area (Å²) in [5, 5.41) is 0. The van der Waals surface area contributed by atoms with Crippen molar-refractivity contribution in [3.05, 3.63) is 65.9 Å². The molecule has 0 aliphatic carbocycles. The van der Waals surface area contributed by atoms with Gasteiger partial charge in [-0.05, 0) is 54.4 Å². The van der Waals surface area contributed by atoms with E-state index in [0.29, 0.717) is 24.5 Å². The van der Waals surface area contributed by atoms with E-state index < -0.39 is 5.82 Å². The van der Waals surface area contributed by atoms with Crippen molar-refractivity contribution >= 4 is 11.7 Å². The number of nitrogen functional groups attached to an aromatic ring is 1. The molecule has 0 unspecified atom stereocenters. The van der Waals surface area contributed by atoms with Gasteiger partial charge in [-0.3, -0.25) is 9.78 Å². The molecule has 3 aromatic rings. The molecule has 6 nitrogen and oxygen atoms in total. The van der Waals surface area contributed by atoms with Crippen LogP contribution in [0.4, 0.5) is 10.2 Å². The molecule has 0 atom stereocenters. The number of piperazine rings is 1. The summed E-state index contributed by atoms with van der Waals surface area (Å²) in [7, 11) is 0. The van der Waals surface area contributed by atoms with Gasteiger partial charge in [-0.1, -0.05) is 19.9 Å². The number of amides is 1. The molecule has 1 amide bonds. The standard InChI is InChI=1S/C25H28FN5O/c1-3-22-24(18-6-8-23(27)29-16-18)19(9-10-28-22)17-5-7-20(21(26)15-17)25(32)31-13-11-30(4-2)12-14-31/h5-10,15-16H,3-4,11-14H2,1-2H3,(H2,27,29). The molecule has 0 bridgehead atoms. The van der Waals surface area contributed by atoms with Crippen LogP contribution in [0.2, 0.25) is 0 Å². The highest BCUT2D eigenvalue weighted by atomic mass is 19.1. The lowest BCUT2D eigenvalue weighted by molar-refractivity contribution is 0.0639. The van der Waals surface area contributed by atoms with Gasteiger partial charge in [-0.2, -0.15) is 0 Å². The molecule has 1 aliphatic heterocycles. The number of hydrogen-bond acceptors (Lipinski definition) is 5. The minimum absolute atomic E-state index is 0.110. The van der Waals surface area contributed by atoms with E-state index in [1.54, 1.807) is 29.4 Å². The Labute approximate surface area is 187 Å². The van der Waals surface area contributed by atoms with E-state index in [1.807, 2.05) is 25.1 Å². The van der Waals surface area contributed by atoms with Crippen LogP contribution in [0.1, 0.15) is 29.9 Å². The Bertz CT molecular complexity index is 1110. The zero-order valence-electron chi connectivity index (χ0n) is 18.5. The van der Waals surface area contributed by atoms with Crippen LogP contribution in [0.5, 0.6) is 0 Å². The first-order valence-corrected chi connectivity index (χ1v) is 11.0. The summed E-state index contributed by atoms with van der Waals surface area (Å²) >= 11 is 0. The molecule has 0 spiro atoms. The molecule has 1 aliphatic rings. The van der Waals surface area contributed by atoms with Crippen molar-refractivity contribution in [2.75, 3.05) is 38.5 Å². The number of rotatable bonds is 5. The maximum Gasteiger partial charge on any atom is 0.256 e. The fraction of sp³-hybridized carbons (Fsp3) is 0.320. The maximum absolute atomic E-state index is 15.2. The van der Waals surface area contributed by atoms with Crippen molar-refractivity contribution in [3.8, 4) is 22.3 Å². The number of pyridine rings is 2. The summed E-state index contributed by atoms with van der Waals surface area (Å²) in [5.41, 5.74) is 10.1. The number of hydrogen-bond donors (Lipinski definition) is 1. The van der Waals surface area contributed by atoms with Gasteiger partial charge in [0, 0.05) is 55.4 Å². The fourth-order valence-electron chi connectivity index (χ4n) is 4.18. The molecule has 0 radical (unpaired) electrons. The average Bonchev–Trinajstić information content (AvgIpc) is 2.83. The molecular weight excluding hydrogens is 405 g/mol. The van der Waals surface area contributed by atoms with E-state index in [-0.39, 0.29) is 11.5 Å². The lowest BCUT2D eigenvalue weighted by Crippen LogP contribution is -2.48. The minimum Gasteiger partial charge on any atom is -0.384 e. The fourth-order valence-corrected chi connectivity index (χ4v) is 4.18. The second-order valence-electron chi connectivity index (χ2n) is 7.93. The Hall–Kier alpha value is -3.32. The Morgan fingerprint density at radius 3 is 2.41 bits per heavy atom. The molecule has 7 heteroatoms. The van der Waals surface area contributed by atoms with Crippen molar-refractivity contribution in [1.29, 1.82) is 0 Å². The Morgan fingerprint density at radius 2 is 1.78 bits per heavy atom. The van der Waals surface area contributed by atoms with Gasteiger partial charge in [0.05, 0.1) is 5.56 Å². The quantitative estimate of drug-likeness (QED) is 0.661. The normalized spacial score (nSPS) is 14.5. The summed E-state index contributed by atoms with van der Waals surface area (Å²) in [6, 6.07) is 10.3. The van der Waals surface area contributed by atoms with Gasteiger partial charge in [0.15, 0.2) is 0 Å². The van der Waals surface area contributed by atoms with E-state index >= 15 is 4.39 Å². The topological polar surface area (TPSA) is 75.4 Å². The van der Waals surface area contributed by atoms with Crippen molar-refractivity contribution in [2.45, 2.75) is 20.3 Å². The van der Waals surface area contributed by atoms with Crippen LogP contribution in [0.15, 0.2) is 48.8 Å². The second kappa shape index (κ2) is 9.44. The second-order valence-corrected chi connectivity index (χ2v) is 7.93. The van der Waals surface area contributed by atoms with E-state index in [9.17, 15) is 4.79 Å². The Morgan fingerprint density at radius 1 is 1.03 bits per heavy atom. The number of carbonyl (C=O) groups excluding carboxylic acids is 1. The van der Waals surface area contributed by atoms with Crippen molar-refractivity contribution < 1.29 is 9.18 Å². The Kier molecular flexibility index (Phi) is 6.46. The number of carbonyl (C=O) groups is 1. The van der Waals surface area contributed by atoms with Gasteiger partial charge >= 0.3 is 0 Å². The van der Waals surface area contributed by atoms with Gasteiger partial charge in [0.2, 0.25) is 0 Å². The highest BCUT2D eigenvalue weighted by Crippen LogP contribution is 2.35. The molecule has 1 aromatic carbocycles. The Balaban J connectivity index is 1.68. The molecule has 0 saturated carbocycles. The van der Waals surface area contributed by atoms with Gasteiger partial charge < -0.3 is 15.5 Å². The summed E-state index contributed by atoms with van der Waals surface area (Å²) in [6.07, 6.45) is 4.15. The molecule has 166 valence electrons. The maximum atomic E-state index is 15.2. The van der Waals surface area contributed by atoms with E-state index in [1.165, 1.54) is 6.07 Å². The van der Waals surface area contributed by atoms with Crippen molar-refractivity contribution in [1.82, 2.24) is 19.8 Å². The smallest absolute Gasteiger partial charge is 0.256 e. The van der Waals surface area contributed by atoms with E-state index in [4.69, 9.17) is 5.73 Å². The summed E-state index contributed by atoms with van der Waals surface area (Å²) in [4.78, 5) is 25.7. The SMILES string of the molecule is CCc1nccc(-c2ccc(C(=O)N3CCN(CC)CC3)c(F)c2)c1-c1ccc(N)nc1. The number of aryl methyl sites for hydroxylation is 1. The number of nitrogens with zero attached hydrogens (tertiary/aromatic N) is 4. The monoisotopic (exact) mass is 433 g/mol. The first-order chi connectivity index (χ1) is 15.5. The molecule has 3 heterocycles. The van der Waals surface area contributed by atoms with Gasteiger partial charge in [0.1, 0.15) is 11.6 Å².